The van der Waals surface area contributed by atoms with E-state index in [0.717, 1.165) is 35.7 Å². The molecule has 2 heterocycles. The second kappa shape index (κ2) is 9.12. The summed E-state index contributed by atoms with van der Waals surface area (Å²) in [5, 5.41) is 7.37. The SMILES string of the molecule is CCN(CC)CCC(=O)Nc1nc2ccc(Nc3ccc(Cl)cc3)nc2s1. The second-order valence-electron chi connectivity index (χ2n) is 6.00. The number of aromatic nitrogens is 2. The van der Waals surface area contributed by atoms with Gasteiger partial charge in [-0.05, 0) is 49.5 Å². The van der Waals surface area contributed by atoms with Crippen molar-refractivity contribution in [2.24, 2.45) is 0 Å². The molecule has 0 atom stereocenters. The van der Waals surface area contributed by atoms with Crippen LogP contribution in [0.25, 0.3) is 10.3 Å². The first-order chi connectivity index (χ1) is 13.1. The summed E-state index contributed by atoms with van der Waals surface area (Å²) in [4.78, 5) is 24.2. The first-order valence-corrected chi connectivity index (χ1v) is 10.1. The Labute approximate surface area is 167 Å². The molecule has 0 aliphatic rings. The highest BCUT2D eigenvalue weighted by Gasteiger charge is 2.11. The van der Waals surface area contributed by atoms with Crippen LogP contribution in [0.15, 0.2) is 36.4 Å². The number of hydrogen-bond acceptors (Lipinski definition) is 6. The maximum atomic E-state index is 12.1. The number of nitrogens with one attached hydrogen (secondary N) is 2. The summed E-state index contributed by atoms with van der Waals surface area (Å²) in [5.41, 5.74) is 1.67. The molecule has 2 aromatic heterocycles. The minimum atomic E-state index is -0.0273. The Balaban J connectivity index is 1.64. The van der Waals surface area contributed by atoms with E-state index >= 15 is 0 Å². The molecule has 3 rings (SSSR count). The molecule has 0 saturated carbocycles. The number of hydrogen-bond donors (Lipinski definition) is 2. The van der Waals surface area contributed by atoms with Gasteiger partial charge in [0.25, 0.3) is 0 Å². The summed E-state index contributed by atoms with van der Waals surface area (Å²) in [5.74, 6) is 0.688. The van der Waals surface area contributed by atoms with E-state index in [0.29, 0.717) is 22.4 Å². The topological polar surface area (TPSA) is 70.2 Å². The van der Waals surface area contributed by atoms with E-state index in [1.54, 1.807) is 0 Å². The van der Waals surface area contributed by atoms with Crippen LogP contribution in [-0.2, 0) is 4.79 Å². The van der Waals surface area contributed by atoms with E-state index < -0.39 is 0 Å². The van der Waals surface area contributed by atoms with Gasteiger partial charge in [-0.2, -0.15) is 0 Å². The molecule has 0 unspecified atom stereocenters. The molecular formula is C19H22ClN5OS. The monoisotopic (exact) mass is 403 g/mol. The number of halogens is 1. The van der Waals surface area contributed by atoms with E-state index in [4.69, 9.17) is 11.6 Å². The zero-order valence-corrected chi connectivity index (χ0v) is 16.9. The van der Waals surface area contributed by atoms with Crippen LogP contribution in [0.2, 0.25) is 5.02 Å². The summed E-state index contributed by atoms with van der Waals surface area (Å²) in [7, 11) is 0. The number of carbonyl (C=O) groups excluding carboxylic acids is 1. The average Bonchev–Trinajstić information content (AvgIpc) is 3.06. The van der Waals surface area contributed by atoms with Gasteiger partial charge in [0.2, 0.25) is 5.91 Å². The fourth-order valence-electron chi connectivity index (χ4n) is 2.60. The minimum Gasteiger partial charge on any atom is -0.340 e. The van der Waals surface area contributed by atoms with Crippen LogP contribution < -0.4 is 10.6 Å². The normalized spacial score (nSPS) is 11.1. The number of pyridine rings is 1. The fraction of sp³-hybridized carbons (Fsp3) is 0.316. The number of amides is 1. The van der Waals surface area contributed by atoms with Crippen LogP contribution >= 0.6 is 22.9 Å². The molecular weight excluding hydrogens is 382 g/mol. The molecule has 3 aromatic rings. The smallest absolute Gasteiger partial charge is 0.227 e. The zero-order valence-electron chi connectivity index (χ0n) is 15.3. The summed E-state index contributed by atoms with van der Waals surface area (Å²) >= 11 is 7.28. The Morgan fingerprint density at radius 3 is 2.56 bits per heavy atom. The number of thiazole rings is 1. The first kappa shape index (κ1) is 19.5. The molecule has 2 N–H and O–H groups in total. The highest BCUT2D eigenvalue weighted by atomic mass is 35.5. The van der Waals surface area contributed by atoms with Gasteiger partial charge >= 0.3 is 0 Å². The van der Waals surface area contributed by atoms with E-state index in [2.05, 4.69) is 39.3 Å². The zero-order chi connectivity index (χ0) is 19.2. The van der Waals surface area contributed by atoms with Gasteiger partial charge in [-0.25, -0.2) is 9.97 Å². The maximum absolute atomic E-state index is 12.1. The fourth-order valence-corrected chi connectivity index (χ4v) is 3.58. The largest absolute Gasteiger partial charge is 0.340 e. The summed E-state index contributed by atoms with van der Waals surface area (Å²) < 4.78 is 0. The Kier molecular flexibility index (Phi) is 6.60. The molecule has 1 aromatic carbocycles. The van der Waals surface area contributed by atoms with Crippen LogP contribution in [0, 0.1) is 0 Å². The van der Waals surface area contributed by atoms with Crippen molar-refractivity contribution < 1.29 is 4.79 Å². The molecule has 8 heteroatoms. The lowest BCUT2D eigenvalue weighted by Crippen LogP contribution is -2.27. The van der Waals surface area contributed by atoms with E-state index in [1.807, 2.05) is 36.4 Å². The van der Waals surface area contributed by atoms with Gasteiger partial charge in [-0.3, -0.25) is 4.79 Å². The van der Waals surface area contributed by atoms with Crippen LogP contribution in [0.4, 0.5) is 16.6 Å². The van der Waals surface area contributed by atoms with Crippen molar-refractivity contribution in [3.63, 3.8) is 0 Å². The van der Waals surface area contributed by atoms with Gasteiger partial charge in [-0.15, -0.1) is 0 Å². The van der Waals surface area contributed by atoms with Crippen LogP contribution in [0.3, 0.4) is 0 Å². The number of rotatable bonds is 8. The lowest BCUT2D eigenvalue weighted by Gasteiger charge is -2.16. The van der Waals surface area contributed by atoms with Crippen molar-refractivity contribution in [3.05, 3.63) is 41.4 Å². The van der Waals surface area contributed by atoms with Crippen molar-refractivity contribution in [1.29, 1.82) is 0 Å². The molecule has 142 valence electrons. The average molecular weight is 404 g/mol. The van der Waals surface area contributed by atoms with Crippen molar-refractivity contribution in [2.75, 3.05) is 30.3 Å². The number of anilines is 3. The van der Waals surface area contributed by atoms with Crippen LogP contribution in [0.5, 0.6) is 0 Å². The van der Waals surface area contributed by atoms with Crippen molar-refractivity contribution >= 4 is 55.8 Å². The number of benzene rings is 1. The summed E-state index contributed by atoms with van der Waals surface area (Å²) in [6.45, 7) is 6.82. The molecule has 0 bridgehead atoms. The summed E-state index contributed by atoms with van der Waals surface area (Å²) in [6.07, 6.45) is 0.453. The molecule has 0 aliphatic heterocycles. The molecule has 0 fully saturated rings. The van der Waals surface area contributed by atoms with Crippen molar-refractivity contribution in [2.45, 2.75) is 20.3 Å². The third-order valence-corrected chi connectivity index (χ3v) is 5.30. The lowest BCUT2D eigenvalue weighted by atomic mass is 10.3. The number of carbonyl (C=O) groups is 1. The van der Waals surface area contributed by atoms with Gasteiger partial charge in [-0.1, -0.05) is 36.8 Å². The van der Waals surface area contributed by atoms with Gasteiger partial charge in [0.05, 0.1) is 0 Å². The quantitative estimate of drug-likeness (QED) is 0.567. The molecule has 0 spiro atoms. The highest BCUT2D eigenvalue weighted by Crippen LogP contribution is 2.27. The third-order valence-electron chi connectivity index (χ3n) is 4.17. The molecule has 0 saturated heterocycles. The Bertz CT molecular complexity index is 908. The molecule has 0 aliphatic carbocycles. The molecule has 1 amide bonds. The molecule has 0 radical (unpaired) electrons. The van der Waals surface area contributed by atoms with Crippen LogP contribution in [-0.4, -0.2) is 40.4 Å². The van der Waals surface area contributed by atoms with Gasteiger partial charge in [0.15, 0.2) is 5.13 Å². The Hall–Kier alpha value is -2.22. The number of nitrogens with zero attached hydrogens (tertiary/aromatic N) is 3. The standard InChI is InChI=1S/C19H22ClN5OS/c1-3-25(4-2)12-11-17(26)24-19-22-15-9-10-16(23-18(15)27-19)21-14-7-5-13(20)6-8-14/h5-10H,3-4,11-12H2,1-2H3,(H,21,23)(H,22,24,26). The predicted molar refractivity (Wildman–Crippen MR) is 113 cm³/mol. The predicted octanol–water partition coefficient (Wildman–Crippen LogP) is 4.76. The van der Waals surface area contributed by atoms with Crippen LogP contribution in [0.1, 0.15) is 20.3 Å². The van der Waals surface area contributed by atoms with Crippen molar-refractivity contribution in [1.82, 2.24) is 14.9 Å². The van der Waals surface area contributed by atoms with Crippen molar-refractivity contribution in [3.8, 4) is 0 Å². The summed E-state index contributed by atoms with van der Waals surface area (Å²) in [6, 6.07) is 11.2. The van der Waals surface area contributed by atoms with E-state index in [-0.39, 0.29) is 5.91 Å². The maximum Gasteiger partial charge on any atom is 0.227 e. The second-order valence-corrected chi connectivity index (χ2v) is 7.41. The van der Waals surface area contributed by atoms with E-state index in [9.17, 15) is 4.79 Å². The van der Waals surface area contributed by atoms with Gasteiger partial charge in [0, 0.05) is 23.7 Å². The lowest BCUT2D eigenvalue weighted by molar-refractivity contribution is -0.116. The van der Waals surface area contributed by atoms with Gasteiger partial charge < -0.3 is 15.5 Å². The Morgan fingerprint density at radius 1 is 1.11 bits per heavy atom. The molecule has 27 heavy (non-hydrogen) atoms. The third kappa shape index (κ3) is 5.38. The van der Waals surface area contributed by atoms with E-state index in [1.165, 1.54) is 11.3 Å². The number of fused-ring (bicyclic) bond motifs is 1. The highest BCUT2D eigenvalue weighted by molar-refractivity contribution is 7.22. The Morgan fingerprint density at radius 2 is 1.85 bits per heavy atom. The first-order valence-electron chi connectivity index (χ1n) is 8.89. The minimum absolute atomic E-state index is 0.0273. The van der Waals surface area contributed by atoms with Gasteiger partial charge in [0.1, 0.15) is 16.2 Å². The molecule has 6 nitrogen and oxygen atoms in total.